The molecule has 0 fully saturated rings. The van der Waals surface area contributed by atoms with Gasteiger partial charge in [0.25, 0.3) is 10.1 Å². The summed E-state index contributed by atoms with van der Waals surface area (Å²) in [5.41, 5.74) is 6.08. The van der Waals surface area contributed by atoms with E-state index in [1.165, 1.54) is 18.2 Å². The third kappa shape index (κ3) is 4.87. The Hall–Kier alpha value is -0.980. The lowest BCUT2D eigenvalue weighted by Gasteiger charge is -2.09. The van der Waals surface area contributed by atoms with E-state index >= 15 is 0 Å². The van der Waals surface area contributed by atoms with Gasteiger partial charge in [0, 0.05) is 6.04 Å². The van der Waals surface area contributed by atoms with Gasteiger partial charge in [-0.15, -0.1) is 0 Å². The van der Waals surface area contributed by atoms with E-state index in [0.29, 0.717) is 5.56 Å². The maximum atomic E-state index is 12.7. The summed E-state index contributed by atoms with van der Waals surface area (Å²) < 4.78 is 42.3. The highest BCUT2D eigenvalue weighted by Gasteiger charge is 2.13. The molecule has 0 bridgehead atoms. The first-order valence-electron chi connectivity index (χ1n) is 4.32. The molecule has 1 aromatic rings. The van der Waals surface area contributed by atoms with E-state index in [-0.39, 0.29) is 6.42 Å². The van der Waals surface area contributed by atoms with E-state index in [2.05, 4.69) is 0 Å². The maximum Gasteiger partial charge on any atom is 0.266 e. The third-order valence-electron chi connectivity index (χ3n) is 1.81. The van der Waals surface area contributed by atoms with Gasteiger partial charge in [-0.3, -0.25) is 4.55 Å². The average molecular weight is 233 g/mol. The standard InChI is InChI=1S/C9H12FNO3S/c10-8-3-1-2-7(4-8)5-9(11)6-15(12,13)14/h1-4,9H,5-6,11H2,(H,12,13,14)/t9-/m1/s1. The summed E-state index contributed by atoms with van der Waals surface area (Å²) in [5.74, 6) is -0.921. The Kier molecular flexibility index (Phi) is 3.78. The van der Waals surface area contributed by atoms with Crippen LogP contribution < -0.4 is 5.73 Å². The van der Waals surface area contributed by atoms with Crippen molar-refractivity contribution in [2.24, 2.45) is 5.73 Å². The first-order chi connectivity index (χ1) is 6.87. The minimum Gasteiger partial charge on any atom is -0.326 e. The van der Waals surface area contributed by atoms with Crippen LogP contribution in [0.2, 0.25) is 0 Å². The van der Waals surface area contributed by atoms with Gasteiger partial charge in [0.2, 0.25) is 0 Å². The van der Waals surface area contributed by atoms with Crippen LogP contribution in [0.25, 0.3) is 0 Å². The molecule has 0 saturated heterocycles. The van der Waals surface area contributed by atoms with Gasteiger partial charge in [0.15, 0.2) is 0 Å². The minimum absolute atomic E-state index is 0.206. The molecule has 0 unspecified atom stereocenters. The topological polar surface area (TPSA) is 80.4 Å². The lowest BCUT2D eigenvalue weighted by molar-refractivity contribution is 0.476. The predicted molar refractivity (Wildman–Crippen MR) is 54.5 cm³/mol. The van der Waals surface area contributed by atoms with E-state index in [0.717, 1.165) is 0 Å². The highest BCUT2D eigenvalue weighted by Crippen LogP contribution is 2.06. The summed E-state index contributed by atoms with van der Waals surface area (Å²) in [7, 11) is -4.07. The smallest absolute Gasteiger partial charge is 0.266 e. The first-order valence-corrected chi connectivity index (χ1v) is 5.93. The van der Waals surface area contributed by atoms with E-state index in [4.69, 9.17) is 10.3 Å². The van der Waals surface area contributed by atoms with Crippen LogP contribution in [0.1, 0.15) is 5.56 Å². The summed E-state index contributed by atoms with van der Waals surface area (Å²) in [4.78, 5) is 0. The van der Waals surface area contributed by atoms with Crippen LogP contribution >= 0.6 is 0 Å². The molecule has 1 aromatic carbocycles. The monoisotopic (exact) mass is 233 g/mol. The van der Waals surface area contributed by atoms with Crippen molar-refractivity contribution in [2.75, 3.05) is 5.75 Å². The fourth-order valence-electron chi connectivity index (χ4n) is 1.30. The van der Waals surface area contributed by atoms with Gasteiger partial charge in [0.1, 0.15) is 5.82 Å². The van der Waals surface area contributed by atoms with Crippen LogP contribution in [0, 0.1) is 5.82 Å². The predicted octanol–water partition coefficient (Wildman–Crippen LogP) is 0.583. The fraction of sp³-hybridized carbons (Fsp3) is 0.333. The molecule has 0 spiro atoms. The molecule has 1 rings (SSSR count). The second-order valence-electron chi connectivity index (χ2n) is 3.34. The number of hydrogen-bond donors (Lipinski definition) is 2. The molecule has 0 aliphatic heterocycles. The quantitative estimate of drug-likeness (QED) is 0.745. The van der Waals surface area contributed by atoms with E-state index in [9.17, 15) is 12.8 Å². The number of hydrogen-bond acceptors (Lipinski definition) is 3. The van der Waals surface area contributed by atoms with E-state index in [1.807, 2.05) is 0 Å². The fourth-order valence-corrected chi connectivity index (χ4v) is 1.96. The van der Waals surface area contributed by atoms with Crippen LogP contribution in [0.5, 0.6) is 0 Å². The zero-order chi connectivity index (χ0) is 11.5. The Morgan fingerprint density at radius 3 is 2.67 bits per heavy atom. The van der Waals surface area contributed by atoms with Gasteiger partial charge >= 0.3 is 0 Å². The van der Waals surface area contributed by atoms with Gasteiger partial charge in [-0.25, -0.2) is 4.39 Å². The number of rotatable bonds is 4. The summed E-state index contributed by atoms with van der Waals surface area (Å²) in [6.45, 7) is 0. The van der Waals surface area contributed by atoms with Crippen molar-refractivity contribution in [1.29, 1.82) is 0 Å². The minimum atomic E-state index is -4.07. The van der Waals surface area contributed by atoms with Crippen LogP contribution in [0.4, 0.5) is 4.39 Å². The SMILES string of the molecule is N[C@H](Cc1cccc(F)c1)CS(=O)(=O)O. The first kappa shape index (κ1) is 12.1. The molecule has 0 radical (unpaired) electrons. The molecule has 0 aliphatic carbocycles. The van der Waals surface area contributed by atoms with Crippen molar-refractivity contribution in [1.82, 2.24) is 0 Å². The van der Waals surface area contributed by atoms with Crippen LogP contribution in [-0.2, 0) is 16.5 Å². The van der Waals surface area contributed by atoms with Crippen molar-refractivity contribution in [3.05, 3.63) is 35.6 Å². The zero-order valence-corrected chi connectivity index (χ0v) is 8.74. The van der Waals surface area contributed by atoms with Crippen molar-refractivity contribution in [3.8, 4) is 0 Å². The lowest BCUT2D eigenvalue weighted by atomic mass is 10.1. The molecule has 0 aromatic heterocycles. The zero-order valence-electron chi connectivity index (χ0n) is 7.93. The maximum absolute atomic E-state index is 12.7. The molecular formula is C9H12FNO3S. The van der Waals surface area contributed by atoms with Crippen molar-refractivity contribution >= 4 is 10.1 Å². The lowest BCUT2D eigenvalue weighted by Crippen LogP contribution is -2.31. The number of nitrogens with two attached hydrogens (primary N) is 1. The Labute approximate surface area is 87.7 Å². The van der Waals surface area contributed by atoms with Crippen LogP contribution in [0.15, 0.2) is 24.3 Å². The van der Waals surface area contributed by atoms with E-state index in [1.54, 1.807) is 6.07 Å². The molecule has 0 saturated carbocycles. The van der Waals surface area contributed by atoms with Gasteiger partial charge in [-0.1, -0.05) is 12.1 Å². The molecule has 0 heterocycles. The molecule has 3 N–H and O–H groups in total. The summed E-state index contributed by atoms with van der Waals surface area (Å²) in [6.07, 6.45) is 0.206. The third-order valence-corrected chi connectivity index (χ3v) is 2.66. The van der Waals surface area contributed by atoms with Gasteiger partial charge in [0.05, 0.1) is 5.75 Å². The number of halogens is 1. The Morgan fingerprint density at radius 1 is 1.47 bits per heavy atom. The molecule has 84 valence electrons. The molecule has 6 heteroatoms. The second kappa shape index (κ2) is 4.69. The Balaban J connectivity index is 2.63. The molecule has 0 amide bonds. The molecule has 1 atom stereocenters. The van der Waals surface area contributed by atoms with Crippen molar-refractivity contribution < 1.29 is 17.4 Å². The summed E-state index contributed by atoms with van der Waals surface area (Å²) in [6, 6.07) is 5.00. The largest absolute Gasteiger partial charge is 0.326 e. The van der Waals surface area contributed by atoms with Gasteiger partial charge < -0.3 is 5.73 Å². The van der Waals surface area contributed by atoms with E-state index < -0.39 is 27.7 Å². The molecule has 15 heavy (non-hydrogen) atoms. The van der Waals surface area contributed by atoms with Gasteiger partial charge in [-0.05, 0) is 24.1 Å². The average Bonchev–Trinajstić information content (AvgIpc) is 1.99. The molecule has 4 nitrogen and oxygen atoms in total. The summed E-state index contributed by atoms with van der Waals surface area (Å²) >= 11 is 0. The van der Waals surface area contributed by atoms with Crippen molar-refractivity contribution in [3.63, 3.8) is 0 Å². The van der Waals surface area contributed by atoms with Gasteiger partial charge in [-0.2, -0.15) is 8.42 Å². The second-order valence-corrected chi connectivity index (χ2v) is 4.84. The van der Waals surface area contributed by atoms with Crippen LogP contribution in [0.3, 0.4) is 0 Å². The van der Waals surface area contributed by atoms with Crippen molar-refractivity contribution in [2.45, 2.75) is 12.5 Å². The molecular weight excluding hydrogens is 221 g/mol. The number of benzene rings is 1. The molecule has 0 aliphatic rings. The van der Waals surface area contributed by atoms with Crippen LogP contribution in [-0.4, -0.2) is 24.8 Å². The Bertz CT molecular complexity index is 433. The summed E-state index contributed by atoms with van der Waals surface area (Å²) in [5, 5.41) is 0. The highest BCUT2D eigenvalue weighted by molar-refractivity contribution is 7.85. The Morgan fingerprint density at radius 2 is 2.13 bits per heavy atom. The normalized spacial score (nSPS) is 13.8. The highest BCUT2D eigenvalue weighted by atomic mass is 32.2.